The zero-order valence-corrected chi connectivity index (χ0v) is 15.5. The van der Waals surface area contributed by atoms with Crippen molar-refractivity contribution < 1.29 is 18.7 Å². The quantitative estimate of drug-likeness (QED) is 0.757. The molecule has 1 heterocycles. The monoisotopic (exact) mass is 368 g/mol. The van der Waals surface area contributed by atoms with Crippen LogP contribution in [0.5, 0.6) is 0 Å². The maximum Gasteiger partial charge on any atom is 0.421 e. The Hall–Kier alpha value is -3.20. The number of aromatic nitrogens is 1. The molecular weight excluding hydrogens is 347 g/mol. The molecule has 2 aromatic rings. The van der Waals surface area contributed by atoms with Crippen LogP contribution in [0.25, 0.3) is 0 Å². The molecule has 1 aromatic heterocycles. The molecule has 0 saturated heterocycles. The Kier molecular flexibility index (Phi) is 6.67. The molecule has 5 nitrogen and oxygen atoms in total. The molecule has 0 spiro atoms. The van der Waals surface area contributed by atoms with E-state index in [-0.39, 0.29) is 18.5 Å². The molecule has 140 valence electrons. The number of nitrogens with zero attached hydrogens (tertiary/aromatic N) is 2. The van der Waals surface area contributed by atoms with Crippen LogP contribution in [0.15, 0.2) is 48.7 Å². The Labute approximate surface area is 158 Å². The van der Waals surface area contributed by atoms with Gasteiger partial charge in [-0.15, -0.1) is 0 Å². The van der Waals surface area contributed by atoms with Crippen LogP contribution in [0.4, 0.5) is 14.9 Å². The van der Waals surface area contributed by atoms with Crippen LogP contribution in [-0.4, -0.2) is 22.6 Å². The number of hydrogen-bond donors (Lipinski definition) is 0. The second-order valence-corrected chi connectivity index (χ2v) is 6.71. The molecule has 1 aromatic carbocycles. The fraction of sp³-hybridized carbons (Fsp3) is 0.286. The van der Waals surface area contributed by atoms with Crippen molar-refractivity contribution in [2.24, 2.45) is 0 Å². The number of pyridine rings is 1. The van der Waals surface area contributed by atoms with E-state index in [1.165, 1.54) is 18.2 Å². The van der Waals surface area contributed by atoms with E-state index in [0.29, 0.717) is 5.69 Å². The number of benzene rings is 1. The van der Waals surface area contributed by atoms with Gasteiger partial charge in [-0.1, -0.05) is 18.1 Å². The molecule has 0 fully saturated rings. The Morgan fingerprint density at radius 1 is 1.19 bits per heavy atom. The van der Waals surface area contributed by atoms with Crippen LogP contribution in [0.1, 0.15) is 39.3 Å². The number of hydrogen-bond acceptors (Lipinski definition) is 4. The van der Waals surface area contributed by atoms with Crippen LogP contribution in [0.3, 0.4) is 0 Å². The number of anilines is 1. The van der Waals surface area contributed by atoms with Crippen molar-refractivity contribution in [2.45, 2.75) is 39.2 Å². The normalized spacial score (nSPS) is 10.5. The lowest BCUT2D eigenvalue weighted by Gasteiger charge is -2.26. The highest BCUT2D eigenvalue weighted by molar-refractivity contribution is 6.12. The van der Waals surface area contributed by atoms with E-state index < -0.39 is 23.4 Å². The number of carbonyl (C=O) groups excluding carboxylic acids is 2. The van der Waals surface area contributed by atoms with Crippen molar-refractivity contribution in [3.63, 3.8) is 0 Å². The minimum absolute atomic E-state index is 0.0183. The summed E-state index contributed by atoms with van der Waals surface area (Å²) in [7, 11) is 0. The number of amides is 2. The van der Waals surface area contributed by atoms with E-state index in [2.05, 4.69) is 16.8 Å². The molecule has 0 aliphatic rings. The van der Waals surface area contributed by atoms with Gasteiger partial charge in [0.2, 0.25) is 5.91 Å². The van der Waals surface area contributed by atoms with Crippen LogP contribution in [-0.2, 0) is 9.53 Å². The predicted octanol–water partition coefficient (Wildman–Crippen LogP) is 4.32. The summed E-state index contributed by atoms with van der Waals surface area (Å²) in [5.74, 6) is 4.62. The van der Waals surface area contributed by atoms with Crippen LogP contribution >= 0.6 is 0 Å². The van der Waals surface area contributed by atoms with Gasteiger partial charge in [-0.3, -0.25) is 4.79 Å². The first-order valence-electron chi connectivity index (χ1n) is 8.48. The lowest BCUT2D eigenvalue weighted by molar-refractivity contribution is -0.118. The first kappa shape index (κ1) is 20.1. The van der Waals surface area contributed by atoms with Gasteiger partial charge in [0.1, 0.15) is 17.1 Å². The average Bonchev–Trinajstić information content (AvgIpc) is 2.58. The minimum Gasteiger partial charge on any atom is -0.443 e. The third-order valence-electron chi connectivity index (χ3n) is 3.24. The Balaban J connectivity index is 2.13. The number of halogens is 1. The van der Waals surface area contributed by atoms with Gasteiger partial charge in [0.15, 0.2) is 0 Å². The van der Waals surface area contributed by atoms with Gasteiger partial charge in [0.25, 0.3) is 0 Å². The lowest BCUT2D eigenvalue weighted by Crippen LogP contribution is -2.41. The largest absolute Gasteiger partial charge is 0.443 e. The van der Waals surface area contributed by atoms with Gasteiger partial charge < -0.3 is 4.74 Å². The van der Waals surface area contributed by atoms with Crippen molar-refractivity contribution >= 4 is 17.7 Å². The van der Waals surface area contributed by atoms with Gasteiger partial charge in [-0.05, 0) is 57.0 Å². The second kappa shape index (κ2) is 8.95. The second-order valence-electron chi connectivity index (χ2n) is 6.71. The van der Waals surface area contributed by atoms with Crippen LogP contribution < -0.4 is 4.90 Å². The van der Waals surface area contributed by atoms with Crippen molar-refractivity contribution in [1.29, 1.82) is 0 Å². The van der Waals surface area contributed by atoms with Gasteiger partial charge >= 0.3 is 6.09 Å². The molecule has 0 unspecified atom stereocenters. The smallest absolute Gasteiger partial charge is 0.421 e. The van der Waals surface area contributed by atoms with Crippen molar-refractivity contribution in [3.8, 4) is 11.8 Å². The predicted molar refractivity (Wildman–Crippen MR) is 100 cm³/mol. The van der Waals surface area contributed by atoms with Crippen molar-refractivity contribution in [1.82, 2.24) is 4.98 Å². The molecule has 6 heteroatoms. The van der Waals surface area contributed by atoms with Crippen molar-refractivity contribution in [3.05, 3.63) is 60.2 Å². The van der Waals surface area contributed by atoms with E-state index in [4.69, 9.17) is 4.74 Å². The summed E-state index contributed by atoms with van der Waals surface area (Å²) in [6, 6.07) is 10.6. The van der Waals surface area contributed by atoms with E-state index >= 15 is 0 Å². The fourth-order valence-electron chi connectivity index (χ4n) is 2.15. The molecule has 0 atom stereocenters. The van der Waals surface area contributed by atoms with Crippen molar-refractivity contribution in [2.75, 3.05) is 4.90 Å². The molecule has 0 saturated carbocycles. The van der Waals surface area contributed by atoms with Gasteiger partial charge in [-0.2, -0.15) is 0 Å². The summed E-state index contributed by atoms with van der Waals surface area (Å²) in [6.45, 7) is 5.08. The topological polar surface area (TPSA) is 59.5 Å². The molecule has 2 amide bonds. The summed E-state index contributed by atoms with van der Waals surface area (Å²) in [5.41, 5.74) is -0.0761. The SMILES string of the molecule is CC(C)(C)OC(=O)N(C(=O)CCC#Cc1ccccn1)c1cccc(F)c1. The molecule has 0 aliphatic carbocycles. The number of ether oxygens (including phenoxy) is 1. The lowest BCUT2D eigenvalue weighted by atomic mass is 10.2. The molecule has 27 heavy (non-hydrogen) atoms. The summed E-state index contributed by atoms with van der Waals surface area (Å²) < 4.78 is 18.9. The highest BCUT2D eigenvalue weighted by Gasteiger charge is 2.28. The van der Waals surface area contributed by atoms with Gasteiger partial charge in [-0.25, -0.2) is 19.1 Å². The van der Waals surface area contributed by atoms with E-state index in [0.717, 1.165) is 11.0 Å². The summed E-state index contributed by atoms with van der Waals surface area (Å²) in [5, 5.41) is 0. The number of imide groups is 1. The molecular formula is C21H21FN2O3. The fourth-order valence-corrected chi connectivity index (χ4v) is 2.15. The zero-order valence-electron chi connectivity index (χ0n) is 15.5. The number of rotatable bonds is 3. The minimum atomic E-state index is -0.851. The number of carbonyl (C=O) groups is 2. The van der Waals surface area contributed by atoms with E-state index in [1.54, 1.807) is 39.1 Å². The summed E-state index contributed by atoms with van der Waals surface area (Å²) >= 11 is 0. The highest BCUT2D eigenvalue weighted by atomic mass is 19.1. The van der Waals surface area contributed by atoms with Crippen LogP contribution in [0, 0.1) is 17.7 Å². The first-order valence-corrected chi connectivity index (χ1v) is 8.48. The Morgan fingerprint density at radius 2 is 1.96 bits per heavy atom. The summed E-state index contributed by atoms with van der Waals surface area (Å²) in [6.07, 6.45) is 0.985. The Bertz CT molecular complexity index is 864. The average molecular weight is 368 g/mol. The maximum absolute atomic E-state index is 13.6. The zero-order chi connectivity index (χ0) is 19.9. The van der Waals surface area contributed by atoms with Gasteiger partial charge in [0.05, 0.1) is 5.69 Å². The van der Waals surface area contributed by atoms with E-state index in [9.17, 15) is 14.0 Å². The molecule has 2 rings (SSSR count). The first-order chi connectivity index (χ1) is 12.8. The van der Waals surface area contributed by atoms with Crippen LogP contribution in [0.2, 0.25) is 0 Å². The third-order valence-corrected chi connectivity index (χ3v) is 3.24. The molecule has 0 bridgehead atoms. The third kappa shape index (κ3) is 6.55. The molecule has 0 aliphatic heterocycles. The molecule has 0 N–H and O–H groups in total. The van der Waals surface area contributed by atoms with Gasteiger partial charge in [0, 0.05) is 19.0 Å². The highest BCUT2D eigenvalue weighted by Crippen LogP contribution is 2.20. The Morgan fingerprint density at radius 3 is 2.59 bits per heavy atom. The summed E-state index contributed by atoms with van der Waals surface area (Å²) in [4.78, 5) is 30.0. The molecule has 0 radical (unpaired) electrons. The maximum atomic E-state index is 13.6. The standard InChI is InChI=1S/C21H21FN2O3/c1-21(2,3)27-20(26)24(18-12-8-9-16(22)15-18)19(25)13-5-4-10-17-11-6-7-14-23-17/h6-9,11-12,14-15H,5,13H2,1-3H3. The van der Waals surface area contributed by atoms with E-state index in [1.807, 2.05) is 6.07 Å².